The van der Waals surface area contributed by atoms with Crippen LogP contribution in [0.25, 0.3) is 0 Å². The standard InChI is InChI=1S/C17H18FNS/c1-19(10-13-5-4-6-15(18)9-13)11-14-12-20-17-8-3-2-7-16(14)17/h2-9,14H,10-12H2,1H3. The van der Waals surface area contributed by atoms with Gasteiger partial charge >= 0.3 is 0 Å². The highest BCUT2D eigenvalue weighted by Gasteiger charge is 2.23. The van der Waals surface area contributed by atoms with Crippen LogP contribution < -0.4 is 0 Å². The van der Waals surface area contributed by atoms with Crippen LogP contribution >= 0.6 is 11.8 Å². The molecular formula is C17H18FNS. The van der Waals surface area contributed by atoms with Gasteiger partial charge < -0.3 is 4.90 Å². The summed E-state index contributed by atoms with van der Waals surface area (Å²) in [5.74, 6) is 1.57. The van der Waals surface area contributed by atoms with E-state index in [0.717, 1.165) is 24.4 Å². The molecule has 1 aliphatic rings. The van der Waals surface area contributed by atoms with Crippen molar-refractivity contribution in [3.63, 3.8) is 0 Å². The van der Waals surface area contributed by atoms with Crippen LogP contribution in [-0.2, 0) is 6.54 Å². The first kappa shape index (κ1) is 13.7. The zero-order valence-electron chi connectivity index (χ0n) is 11.6. The van der Waals surface area contributed by atoms with Crippen molar-refractivity contribution in [2.24, 2.45) is 0 Å². The van der Waals surface area contributed by atoms with Crippen molar-refractivity contribution in [1.29, 1.82) is 0 Å². The van der Waals surface area contributed by atoms with Gasteiger partial charge in [-0.3, -0.25) is 0 Å². The van der Waals surface area contributed by atoms with E-state index in [9.17, 15) is 4.39 Å². The van der Waals surface area contributed by atoms with Crippen LogP contribution in [0.4, 0.5) is 4.39 Å². The first-order valence-corrected chi connectivity index (χ1v) is 7.85. The molecule has 0 bridgehead atoms. The summed E-state index contributed by atoms with van der Waals surface area (Å²) in [6, 6.07) is 15.5. The molecule has 1 aliphatic heterocycles. The molecule has 0 fully saturated rings. The number of nitrogens with zero attached hydrogens (tertiary/aromatic N) is 1. The highest BCUT2D eigenvalue weighted by molar-refractivity contribution is 7.99. The monoisotopic (exact) mass is 287 g/mol. The average molecular weight is 287 g/mol. The predicted molar refractivity (Wildman–Crippen MR) is 82.6 cm³/mol. The van der Waals surface area contributed by atoms with Crippen LogP contribution in [0.15, 0.2) is 53.4 Å². The third kappa shape index (κ3) is 3.05. The zero-order valence-corrected chi connectivity index (χ0v) is 12.4. The number of benzene rings is 2. The SMILES string of the molecule is CN(Cc1cccc(F)c1)CC1CSc2ccccc21. The third-order valence-electron chi connectivity index (χ3n) is 3.67. The Bertz CT molecular complexity index is 599. The molecule has 0 saturated carbocycles. The topological polar surface area (TPSA) is 3.24 Å². The lowest BCUT2D eigenvalue weighted by atomic mass is 10.0. The highest BCUT2D eigenvalue weighted by Crippen LogP contribution is 2.39. The molecule has 0 spiro atoms. The van der Waals surface area contributed by atoms with Gasteiger partial charge in [-0.1, -0.05) is 30.3 Å². The number of halogens is 1. The number of hydrogen-bond donors (Lipinski definition) is 0. The molecule has 0 N–H and O–H groups in total. The fraction of sp³-hybridized carbons (Fsp3) is 0.294. The van der Waals surface area contributed by atoms with Gasteiger partial charge in [0.25, 0.3) is 0 Å². The Morgan fingerprint density at radius 1 is 1.20 bits per heavy atom. The molecule has 3 rings (SSSR count). The number of hydrogen-bond acceptors (Lipinski definition) is 2. The lowest BCUT2D eigenvalue weighted by Crippen LogP contribution is -2.24. The molecule has 1 atom stereocenters. The molecule has 1 unspecified atom stereocenters. The first-order chi connectivity index (χ1) is 9.72. The molecule has 0 amide bonds. The van der Waals surface area contributed by atoms with Gasteiger partial charge in [0.05, 0.1) is 0 Å². The highest BCUT2D eigenvalue weighted by atomic mass is 32.2. The third-order valence-corrected chi connectivity index (χ3v) is 4.92. The van der Waals surface area contributed by atoms with E-state index < -0.39 is 0 Å². The predicted octanol–water partition coefficient (Wildman–Crippen LogP) is 4.15. The lowest BCUT2D eigenvalue weighted by Gasteiger charge is -2.21. The fourth-order valence-corrected chi connectivity index (χ4v) is 4.01. The van der Waals surface area contributed by atoms with E-state index in [1.165, 1.54) is 16.5 Å². The molecular weight excluding hydrogens is 269 g/mol. The van der Waals surface area contributed by atoms with Crippen LogP contribution in [0, 0.1) is 5.82 Å². The molecule has 3 heteroatoms. The Kier molecular flexibility index (Phi) is 4.08. The number of fused-ring (bicyclic) bond motifs is 1. The van der Waals surface area contributed by atoms with Crippen LogP contribution in [0.2, 0.25) is 0 Å². The molecule has 20 heavy (non-hydrogen) atoms. The van der Waals surface area contributed by atoms with E-state index in [2.05, 4.69) is 36.2 Å². The summed E-state index contributed by atoms with van der Waals surface area (Å²) < 4.78 is 13.2. The minimum absolute atomic E-state index is 0.155. The molecule has 0 aromatic heterocycles. The maximum atomic E-state index is 13.2. The van der Waals surface area contributed by atoms with Crippen molar-refractivity contribution in [1.82, 2.24) is 4.90 Å². The summed E-state index contributed by atoms with van der Waals surface area (Å²) in [7, 11) is 2.11. The van der Waals surface area contributed by atoms with Crippen molar-refractivity contribution < 1.29 is 4.39 Å². The van der Waals surface area contributed by atoms with E-state index in [-0.39, 0.29) is 5.82 Å². The minimum Gasteiger partial charge on any atom is -0.301 e. The molecule has 1 nitrogen and oxygen atoms in total. The Morgan fingerprint density at radius 3 is 2.90 bits per heavy atom. The number of likely N-dealkylation sites (N-methyl/N-ethyl adjacent to an activating group) is 1. The van der Waals surface area contributed by atoms with Gasteiger partial charge in [-0.05, 0) is 36.4 Å². The van der Waals surface area contributed by atoms with Gasteiger partial charge in [0.1, 0.15) is 5.82 Å². The molecule has 1 heterocycles. The zero-order chi connectivity index (χ0) is 13.9. The molecule has 2 aromatic carbocycles. The van der Waals surface area contributed by atoms with Gasteiger partial charge in [0.15, 0.2) is 0 Å². The maximum absolute atomic E-state index is 13.2. The van der Waals surface area contributed by atoms with E-state index in [1.54, 1.807) is 12.1 Å². The summed E-state index contributed by atoms with van der Waals surface area (Å²) in [4.78, 5) is 3.69. The van der Waals surface area contributed by atoms with Crippen LogP contribution in [0.3, 0.4) is 0 Å². The Morgan fingerprint density at radius 2 is 2.05 bits per heavy atom. The van der Waals surface area contributed by atoms with Crippen molar-refractivity contribution in [3.05, 3.63) is 65.5 Å². The second-order valence-corrected chi connectivity index (χ2v) is 6.43. The van der Waals surface area contributed by atoms with E-state index in [4.69, 9.17) is 0 Å². The van der Waals surface area contributed by atoms with E-state index in [0.29, 0.717) is 5.92 Å². The van der Waals surface area contributed by atoms with Crippen LogP contribution in [0.1, 0.15) is 17.0 Å². The van der Waals surface area contributed by atoms with Gasteiger partial charge in [-0.15, -0.1) is 11.8 Å². The minimum atomic E-state index is -0.155. The normalized spacial score (nSPS) is 17.4. The molecule has 2 aromatic rings. The van der Waals surface area contributed by atoms with Crippen LogP contribution in [0.5, 0.6) is 0 Å². The van der Waals surface area contributed by atoms with Crippen molar-refractivity contribution in [2.45, 2.75) is 17.4 Å². The average Bonchev–Trinajstić information content (AvgIpc) is 2.82. The Hall–Kier alpha value is -1.32. The lowest BCUT2D eigenvalue weighted by molar-refractivity contribution is 0.311. The second kappa shape index (κ2) is 5.98. The largest absolute Gasteiger partial charge is 0.301 e. The Balaban J connectivity index is 1.64. The number of thioether (sulfide) groups is 1. The Labute approximate surface area is 123 Å². The van der Waals surface area contributed by atoms with Gasteiger partial charge in [0, 0.05) is 29.7 Å². The summed E-state index contributed by atoms with van der Waals surface area (Å²) in [6.45, 7) is 1.81. The van der Waals surface area contributed by atoms with Gasteiger partial charge in [-0.2, -0.15) is 0 Å². The summed E-state index contributed by atoms with van der Waals surface area (Å²) in [5, 5.41) is 0. The van der Waals surface area contributed by atoms with Crippen LogP contribution in [-0.4, -0.2) is 24.2 Å². The van der Waals surface area contributed by atoms with Crippen molar-refractivity contribution in [3.8, 4) is 0 Å². The van der Waals surface area contributed by atoms with Gasteiger partial charge in [0.2, 0.25) is 0 Å². The van der Waals surface area contributed by atoms with Crippen molar-refractivity contribution in [2.75, 3.05) is 19.3 Å². The van der Waals surface area contributed by atoms with E-state index in [1.807, 2.05) is 17.8 Å². The summed E-state index contributed by atoms with van der Waals surface area (Å²) in [5.41, 5.74) is 2.50. The maximum Gasteiger partial charge on any atom is 0.123 e. The molecule has 0 saturated heterocycles. The molecule has 104 valence electrons. The smallest absolute Gasteiger partial charge is 0.123 e. The van der Waals surface area contributed by atoms with Gasteiger partial charge in [-0.25, -0.2) is 4.39 Å². The van der Waals surface area contributed by atoms with E-state index >= 15 is 0 Å². The summed E-state index contributed by atoms with van der Waals surface area (Å²) in [6.07, 6.45) is 0. The fourth-order valence-electron chi connectivity index (χ4n) is 2.77. The summed E-state index contributed by atoms with van der Waals surface area (Å²) >= 11 is 1.94. The molecule has 0 aliphatic carbocycles. The quantitative estimate of drug-likeness (QED) is 0.831. The first-order valence-electron chi connectivity index (χ1n) is 6.87. The second-order valence-electron chi connectivity index (χ2n) is 5.37. The number of rotatable bonds is 4. The molecule has 0 radical (unpaired) electrons. The van der Waals surface area contributed by atoms with Crippen molar-refractivity contribution >= 4 is 11.8 Å².